The van der Waals surface area contributed by atoms with Gasteiger partial charge in [-0.2, -0.15) is 0 Å². The number of aryl methyl sites for hydroxylation is 2. The average Bonchev–Trinajstić information content (AvgIpc) is 3.46. The largest absolute Gasteiger partial charge is 0.497 e. The van der Waals surface area contributed by atoms with Gasteiger partial charge in [-0.15, -0.1) is 12.4 Å². The van der Waals surface area contributed by atoms with E-state index < -0.39 is 0 Å². The molecule has 0 atom stereocenters. The van der Waals surface area contributed by atoms with Crippen molar-refractivity contribution >= 4 is 45.0 Å². The topological polar surface area (TPSA) is 60.2 Å². The Morgan fingerprint density at radius 3 is 2.62 bits per heavy atom. The van der Waals surface area contributed by atoms with Gasteiger partial charge in [-0.1, -0.05) is 36.5 Å². The number of methoxy groups -OCH3 is 1. The fourth-order valence-corrected chi connectivity index (χ4v) is 4.54. The van der Waals surface area contributed by atoms with Gasteiger partial charge >= 0.3 is 0 Å². The van der Waals surface area contributed by atoms with Crippen LogP contribution in [0.3, 0.4) is 0 Å². The first-order chi connectivity index (χ1) is 15.2. The lowest BCUT2D eigenvalue weighted by Crippen LogP contribution is -2.33. The van der Waals surface area contributed by atoms with Crippen LogP contribution in [0.15, 0.2) is 61.2 Å². The number of nitrogens with zero attached hydrogens (tertiary/aromatic N) is 4. The molecule has 4 aromatic rings. The number of ether oxygens (including phenoxy) is 1. The number of anilines is 1. The molecule has 0 fully saturated rings. The highest BCUT2D eigenvalue weighted by molar-refractivity contribution is 7.22. The van der Waals surface area contributed by atoms with Crippen molar-refractivity contribution in [1.82, 2.24) is 14.5 Å². The van der Waals surface area contributed by atoms with Gasteiger partial charge in [0.2, 0.25) is 5.91 Å². The van der Waals surface area contributed by atoms with Crippen LogP contribution in [0.25, 0.3) is 10.2 Å². The third-order valence-corrected chi connectivity index (χ3v) is 6.29. The minimum absolute atomic E-state index is 0. The number of halogens is 1. The van der Waals surface area contributed by atoms with Gasteiger partial charge < -0.3 is 9.30 Å². The molecule has 6 nitrogen and oxygen atoms in total. The van der Waals surface area contributed by atoms with Crippen LogP contribution in [-0.2, 0) is 24.2 Å². The predicted octanol–water partition coefficient (Wildman–Crippen LogP) is 5.15. The van der Waals surface area contributed by atoms with E-state index in [4.69, 9.17) is 9.72 Å². The van der Waals surface area contributed by atoms with Gasteiger partial charge in [0.05, 0.1) is 30.1 Å². The highest BCUT2D eigenvalue weighted by atomic mass is 35.5. The van der Waals surface area contributed by atoms with Crippen molar-refractivity contribution in [3.8, 4) is 5.75 Å². The normalized spacial score (nSPS) is 10.7. The number of benzene rings is 2. The molecule has 0 spiro atoms. The van der Waals surface area contributed by atoms with Crippen molar-refractivity contribution in [2.75, 3.05) is 18.6 Å². The van der Waals surface area contributed by atoms with E-state index >= 15 is 0 Å². The molecule has 0 bridgehead atoms. The zero-order chi connectivity index (χ0) is 21.6. The van der Waals surface area contributed by atoms with Gasteiger partial charge in [0, 0.05) is 25.5 Å². The van der Waals surface area contributed by atoms with Gasteiger partial charge in [-0.05, 0) is 48.2 Å². The quantitative estimate of drug-likeness (QED) is 0.339. The van der Waals surface area contributed by atoms with Crippen LogP contribution >= 0.6 is 23.7 Å². The van der Waals surface area contributed by atoms with E-state index in [0.29, 0.717) is 13.0 Å². The van der Waals surface area contributed by atoms with Crippen LogP contribution in [0.2, 0.25) is 0 Å². The molecule has 2 aromatic carbocycles. The second-order valence-corrected chi connectivity index (χ2v) is 8.39. The van der Waals surface area contributed by atoms with Crippen molar-refractivity contribution in [3.05, 3.63) is 72.3 Å². The Labute approximate surface area is 198 Å². The number of imidazole rings is 1. The number of amides is 1. The molecule has 8 heteroatoms. The first-order valence-electron chi connectivity index (χ1n) is 10.4. The van der Waals surface area contributed by atoms with Crippen LogP contribution in [-0.4, -0.2) is 34.1 Å². The van der Waals surface area contributed by atoms with E-state index in [1.54, 1.807) is 31.0 Å². The summed E-state index contributed by atoms with van der Waals surface area (Å²) >= 11 is 1.58. The van der Waals surface area contributed by atoms with Crippen LogP contribution in [0.1, 0.15) is 24.5 Å². The number of thiazole rings is 1. The molecule has 168 valence electrons. The van der Waals surface area contributed by atoms with Crippen molar-refractivity contribution in [2.45, 2.75) is 32.7 Å². The summed E-state index contributed by atoms with van der Waals surface area (Å²) in [5.74, 6) is 0.830. The third-order valence-electron chi connectivity index (χ3n) is 5.25. The molecule has 0 aliphatic heterocycles. The number of rotatable bonds is 9. The van der Waals surface area contributed by atoms with Gasteiger partial charge in [-0.25, -0.2) is 9.97 Å². The van der Waals surface area contributed by atoms with Gasteiger partial charge in [-0.3, -0.25) is 9.69 Å². The lowest BCUT2D eigenvalue weighted by molar-refractivity contribution is -0.118. The Bertz CT molecular complexity index is 1140. The molecule has 2 heterocycles. The number of carbonyl (C=O) groups excluding carboxylic acids is 1. The van der Waals surface area contributed by atoms with Crippen LogP contribution in [0.4, 0.5) is 5.13 Å². The summed E-state index contributed by atoms with van der Waals surface area (Å²) in [7, 11) is 1.64. The lowest BCUT2D eigenvalue weighted by Gasteiger charge is -2.20. The average molecular weight is 471 g/mol. The standard InChI is InChI=1S/C24H26N4O2S.ClH/c1-3-18-7-10-21-22(15-18)31-24(26-21)28(13-4-12-27-14-11-25-17-27)23(29)16-19-5-8-20(30-2)9-6-19;/h5-11,14-15,17H,3-4,12-13,16H2,1-2H3;1H. The Balaban J connectivity index is 0.00000289. The molecule has 0 N–H and O–H groups in total. The maximum Gasteiger partial charge on any atom is 0.233 e. The smallest absolute Gasteiger partial charge is 0.233 e. The first kappa shape index (κ1) is 23.8. The molecule has 32 heavy (non-hydrogen) atoms. The highest BCUT2D eigenvalue weighted by Gasteiger charge is 2.20. The van der Waals surface area contributed by atoms with Crippen LogP contribution in [0, 0.1) is 0 Å². The monoisotopic (exact) mass is 470 g/mol. The van der Waals surface area contributed by atoms with E-state index in [1.807, 2.05) is 46.0 Å². The summed E-state index contributed by atoms with van der Waals surface area (Å²) in [4.78, 5) is 24.0. The van der Waals surface area contributed by atoms with Crippen molar-refractivity contribution in [3.63, 3.8) is 0 Å². The molecule has 0 aliphatic carbocycles. The van der Waals surface area contributed by atoms with Gasteiger partial charge in [0.25, 0.3) is 0 Å². The Morgan fingerprint density at radius 2 is 1.94 bits per heavy atom. The summed E-state index contributed by atoms with van der Waals surface area (Å²) in [5, 5.41) is 0.757. The zero-order valence-electron chi connectivity index (χ0n) is 18.2. The number of hydrogen-bond donors (Lipinski definition) is 0. The van der Waals surface area contributed by atoms with E-state index in [9.17, 15) is 4.79 Å². The minimum atomic E-state index is 0. The van der Waals surface area contributed by atoms with E-state index in [-0.39, 0.29) is 18.3 Å². The summed E-state index contributed by atoms with van der Waals surface area (Å²) in [6.07, 6.45) is 7.63. The number of carbonyl (C=O) groups is 1. The Hall–Kier alpha value is -2.90. The Kier molecular flexibility index (Phi) is 8.25. The maximum atomic E-state index is 13.3. The van der Waals surface area contributed by atoms with Gasteiger partial charge in [0.1, 0.15) is 5.75 Å². The molecule has 0 unspecified atom stereocenters. The Morgan fingerprint density at radius 1 is 1.16 bits per heavy atom. The van der Waals surface area contributed by atoms with Crippen LogP contribution < -0.4 is 9.64 Å². The first-order valence-corrected chi connectivity index (χ1v) is 11.3. The molecule has 4 rings (SSSR count). The molecular weight excluding hydrogens is 444 g/mol. The predicted molar refractivity (Wildman–Crippen MR) is 132 cm³/mol. The summed E-state index contributed by atoms with van der Waals surface area (Å²) < 4.78 is 8.36. The van der Waals surface area contributed by atoms with Gasteiger partial charge in [0.15, 0.2) is 5.13 Å². The maximum absolute atomic E-state index is 13.3. The molecule has 1 amide bonds. The SMILES string of the molecule is CCc1ccc2nc(N(CCCn3ccnc3)C(=O)Cc3ccc(OC)cc3)sc2c1.Cl. The lowest BCUT2D eigenvalue weighted by atomic mass is 10.1. The van der Waals surface area contributed by atoms with E-state index in [0.717, 1.165) is 46.0 Å². The molecule has 0 aliphatic rings. The van der Waals surface area contributed by atoms with Crippen LogP contribution in [0.5, 0.6) is 5.75 Å². The van der Waals surface area contributed by atoms with E-state index in [1.165, 1.54) is 5.56 Å². The third kappa shape index (κ3) is 5.66. The second kappa shape index (κ2) is 11.1. The fraction of sp³-hybridized carbons (Fsp3) is 0.292. The minimum Gasteiger partial charge on any atom is -0.497 e. The summed E-state index contributed by atoms with van der Waals surface area (Å²) in [6, 6.07) is 14.0. The van der Waals surface area contributed by atoms with Crippen molar-refractivity contribution < 1.29 is 9.53 Å². The fourth-order valence-electron chi connectivity index (χ4n) is 3.46. The molecule has 0 saturated heterocycles. The van der Waals surface area contributed by atoms with Crippen molar-refractivity contribution in [2.24, 2.45) is 0 Å². The number of fused-ring (bicyclic) bond motifs is 1. The van der Waals surface area contributed by atoms with Crippen molar-refractivity contribution in [1.29, 1.82) is 0 Å². The molecule has 0 saturated carbocycles. The molecule has 0 radical (unpaired) electrons. The van der Waals surface area contributed by atoms with E-state index in [2.05, 4.69) is 24.0 Å². The molecule has 2 aromatic heterocycles. The number of hydrogen-bond acceptors (Lipinski definition) is 5. The summed E-state index contributed by atoms with van der Waals surface area (Å²) in [5.41, 5.74) is 3.17. The summed E-state index contributed by atoms with van der Waals surface area (Å²) in [6.45, 7) is 3.55. The molecular formula is C24H27ClN4O2S. The highest BCUT2D eigenvalue weighted by Crippen LogP contribution is 2.30. The zero-order valence-corrected chi connectivity index (χ0v) is 19.9. The number of aromatic nitrogens is 3. The second-order valence-electron chi connectivity index (χ2n) is 7.38.